The Labute approximate surface area is 175 Å². The van der Waals surface area contributed by atoms with Crippen LogP contribution < -0.4 is 14.8 Å². The third-order valence-electron chi connectivity index (χ3n) is 4.44. The fourth-order valence-electron chi connectivity index (χ4n) is 3.05. The van der Waals surface area contributed by atoms with Crippen molar-refractivity contribution >= 4 is 40.8 Å². The molecule has 1 heterocycles. The first kappa shape index (κ1) is 20.7. The molecule has 0 aliphatic carbocycles. The summed E-state index contributed by atoms with van der Waals surface area (Å²) in [6.07, 6.45) is 1.13. The van der Waals surface area contributed by atoms with Crippen molar-refractivity contribution in [3.63, 3.8) is 0 Å². The van der Waals surface area contributed by atoms with Crippen LogP contribution in [-0.4, -0.2) is 43.5 Å². The van der Waals surface area contributed by atoms with Gasteiger partial charge in [-0.3, -0.25) is 9.59 Å². The summed E-state index contributed by atoms with van der Waals surface area (Å²) in [5.74, 6) is 0.640. The number of benzene rings is 2. The Morgan fingerprint density at radius 3 is 2.66 bits per heavy atom. The lowest BCUT2D eigenvalue weighted by Crippen LogP contribution is -2.35. The highest BCUT2D eigenvalue weighted by Crippen LogP contribution is 2.36. The molecule has 2 aromatic carbocycles. The van der Waals surface area contributed by atoms with Gasteiger partial charge in [-0.05, 0) is 55.8 Å². The van der Waals surface area contributed by atoms with E-state index in [0.717, 1.165) is 16.8 Å². The highest BCUT2D eigenvalue weighted by molar-refractivity contribution is 6.36. The van der Waals surface area contributed by atoms with Crippen LogP contribution >= 0.6 is 11.6 Å². The van der Waals surface area contributed by atoms with Crippen LogP contribution in [0.5, 0.6) is 11.5 Å². The number of nitrogens with one attached hydrogen (secondary N) is 1. The summed E-state index contributed by atoms with van der Waals surface area (Å²) >= 11 is 6.09. The SMILES string of the molecule is CCOc1cc(/C=C2/C(=O)Nc3ccc(Cl)cc32)ccc1O[C@@H](C)C(=O)N(C)C. The highest BCUT2D eigenvalue weighted by Gasteiger charge is 2.24. The molecule has 7 heteroatoms. The van der Waals surface area contributed by atoms with E-state index in [1.54, 1.807) is 57.4 Å². The molecule has 0 unspecified atom stereocenters. The molecule has 0 fully saturated rings. The molecule has 1 atom stereocenters. The maximum absolute atomic E-state index is 12.4. The fraction of sp³-hybridized carbons (Fsp3) is 0.273. The summed E-state index contributed by atoms with van der Waals surface area (Å²) in [6.45, 7) is 3.99. The lowest BCUT2D eigenvalue weighted by molar-refractivity contribution is -0.135. The van der Waals surface area contributed by atoms with Crippen molar-refractivity contribution in [2.45, 2.75) is 20.0 Å². The van der Waals surface area contributed by atoms with E-state index in [4.69, 9.17) is 21.1 Å². The largest absolute Gasteiger partial charge is 0.490 e. The zero-order chi connectivity index (χ0) is 21.1. The summed E-state index contributed by atoms with van der Waals surface area (Å²) in [4.78, 5) is 26.0. The van der Waals surface area contributed by atoms with Gasteiger partial charge in [0.1, 0.15) is 0 Å². The molecule has 152 valence electrons. The topological polar surface area (TPSA) is 67.9 Å². The van der Waals surface area contributed by atoms with Gasteiger partial charge in [-0.25, -0.2) is 0 Å². The van der Waals surface area contributed by atoms with Gasteiger partial charge in [0.05, 0.1) is 6.61 Å². The molecule has 0 radical (unpaired) electrons. The summed E-state index contributed by atoms with van der Waals surface area (Å²) in [7, 11) is 3.36. The smallest absolute Gasteiger partial charge is 0.262 e. The van der Waals surface area contributed by atoms with E-state index in [1.165, 1.54) is 4.90 Å². The van der Waals surface area contributed by atoms with Crippen molar-refractivity contribution in [3.8, 4) is 11.5 Å². The number of likely N-dealkylation sites (N-methyl/N-ethyl adjacent to an activating group) is 1. The zero-order valence-electron chi connectivity index (χ0n) is 16.8. The Kier molecular flexibility index (Phi) is 6.13. The Morgan fingerprint density at radius 2 is 1.97 bits per heavy atom. The van der Waals surface area contributed by atoms with Crippen molar-refractivity contribution < 1.29 is 19.1 Å². The van der Waals surface area contributed by atoms with Crippen LogP contribution in [0.1, 0.15) is 25.0 Å². The van der Waals surface area contributed by atoms with Crippen LogP contribution in [0, 0.1) is 0 Å². The quantitative estimate of drug-likeness (QED) is 0.723. The molecule has 2 aromatic rings. The first-order valence-corrected chi connectivity index (χ1v) is 9.65. The molecule has 1 aliphatic heterocycles. The maximum Gasteiger partial charge on any atom is 0.262 e. The molecule has 0 aromatic heterocycles. The number of nitrogens with zero attached hydrogens (tertiary/aromatic N) is 1. The first-order valence-electron chi connectivity index (χ1n) is 9.27. The second kappa shape index (κ2) is 8.57. The van der Waals surface area contributed by atoms with Crippen LogP contribution in [0.15, 0.2) is 36.4 Å². The molecule has 0 saturated carbocycles. The van der Waals surface area contributed by atoms with Crippen molar-refractivity contribution in [1.82, 2.24) is 4.90 Å². The number of hydrogen-bond donors (Lipinski definition) is 1. The van der Waals surface area contributed by atoms with E-state index >= 15 is 0 Å². The maximum atomic E-state index is 12.4. The van der Waals surface area contributed by atoms with E-state index < -0.39 is 6.10 Å². The highest BCUT2D eigenvalue weighted by atomic mass is 35.5. The average Bonchev–Trinajstić information content (AvgIpc) is 2.98. The van der Waals surface area contributed by atoms with Crippen LogP contribution in [-0.2, 0) is 9.59 Å². The number of carbonyl (C=O) groups excluding carboxylic acids is 2. The molecular formula is C22H23ClN2O4. The van der Waals surface area contributed by atoms with Gasteiger partial charge in [-0.15, -0.1) is 0 Å². The number of halogens is 1. The van der Waals surface area contributed by atoms with Gasteiger partial charge >= 0.3 is 0 Å². The van der Waals surface area contributed by atoms with Gasteiger partial charge in [0.2, 0.25) is 0 Å². The molecule has 1 N–H and O–H groups in total. The summed E-state index contributed by atoms with van der Waals surface area (Å²) in [6, 6.07) is 10.6. The molecule has 0 saturated heterocycles. The molecule has 2 amide bonds. The molecule has 0 bridgehead atoms. The molecule has 29 heavy (non-hydrogen) atoms. The van der Waals surface area contributed by atoms with E-state index in [2.05, 4.69) is 5.32 Å². The second-order valence-corrected chi connectivity index (χ2v) is 7.27. The average molecular weight is 415 g/mol. The summed E-state index contributed by atoms with van der Waals surface area (Å²) in [5.41, 5.74) is 2.78. The van der Waals surface area contributed by atoms with E-state index in [9.17, 15) is 9.59 Å². The first-order chi connectivity index (χ1) is 13.8. The van der Waals surface area contributed by atoms with Gasteiger partial charge in [0, 0.05) is 35.9 Å². The van der Waals surface area contributed by atoms with Gasteiger partial charge in [-0.2, -0.15) is 0 Å². The fourth-order valence-corrected chi connectivity index (χ4v) is 3.23. The number of rotatable bonds is 6. The van der Waals surface area contributed by atoms with Crippen molar-refractivity contribution in [3.05, 3.63) is 52.5 Å². The van der Waals surface area contributed by atoms with Gasteiger partial charge < -0.3 is 19.7 Å². The minimum Gasteiger partial charge on any atom is -0.490 e. The number of amides is 2. The number of hydrogen-bond acceptors (Lipinski definition) is 4. The molecule has 3 rings (SSSR count). The predicted molar refractivity (Wildman–Crippen MR) is 114 cm³/mol. The minimum absolute atomic E-state index is 0.144. The van der Waals surface area contributed by atoms with E-state index in [0.29, 0.717) is 28.7 Å². The van der Waals surface area contributed by atoms with Crippen LogP contribution in [0.2, 0.25) is 5.02 Å². The van der Waals surface area contributed by atoms with Crippen molar-refractivity contribution in [2.24, 2.45) is 0 Å². The van der Waals surface area contributed by atoms with Crippen molar-refractivity contribution in [1.29, 1.82) is 0 Å². The normalized spacial score (nSPS) is 14.9. The Balaban J connectivity index is 1.93. The summed E-state index contributed by atoms with van der Waals surface area (Å²) < 4.78 is 11.5. The van der Waals surface area contributed by atoms with Crippen LogP contribution in [0.3, 0.4) is 0 Å². The number of carbonyl (C=O) groups is 2. The third kappa shape index (κ3) is 4.54. The van der Waals surface area contributed by atoms with Gasteiger partial charge in [0.15, 0.2) is 17.6 Å². The second-order valence-electron chi connectivity index (χ2n) is 6.83. The van der Waals surface area contributed by atoms with Crippen LogP contribution in [0.4, 0.5) is 5.69 Å². The number of anilines is 1. The van der Waals surface area contributed by atoms with E-state index in [-0.39, 0.29) is 11.8 Å². The van der Waals surface area contributed by atoms with Crippen molar-refractivity contribution in [2.75, 3.05) is 26.0 Å². The van der Waals surface area contributed by atoms with Gasteiger partial charge in [-0.1, -0.05) is 17.7 Å². The monoisotopic (exact) mass is 414 g/mol. The van der Waals surface area contributed by atoms with Crippen LogP contribution in [0.25, 0.3) is 11.6 Å². The zero-order valence-corrected chi connectivity index (χ0v) is 17.5. The Morgan fingerprint density at radius 1 is 1.21 bits per heavy atom. The third-order valence-corrected chi connectivity index (χ3v) is 4.67. The minimum atomic E-state index is -0.650. The Hall–Kier alpha value is -2.99. The molecule has 6 nitrogen and oxygen atoms in total. The predicted octanol–water partition coefficient (Wildman–Crippen LogP) is 4.09. The van der Waals surface area contributed by atoms with E-state index in [1.807, 2.05) is 13.0 Å². The lowest BCUT2D eigenvalue weighted by Gasteiger charge is -2.20. The summed E-state index contributed by atoms with van der Waals surface area (Å²) in [5, 5.41) is 3.39. The molecule has 0 spiro atoms. The molecular weight excluding hydrogens is 392 g/mol. The standard InChI is InChI=1S/C22H23ClN2O4/c1-5-28-20-11-14(6-9-19(20)29-13(2)22(27)25(3)4)10-17-16-12-15(23)7-8-18(16)24-21(17)26/h6-13H,5H2,1-4H3,(H,24,26)/b17-10+/t13-/m0/s1. The van der Waals surface area contributed by atoms with Gasteiger partial charge in [0.25, 0.3) is 11.8 Å². The number of fused-ring (bicyclic) bond motifs is 1. The Bertz CT molecular complexity index is 985. The lowest BCUT2D eigenvalue weighted by atomic mass is 10.0. The molecule has 1 aliphatic rings. The number of ether oxygens (including phenoxy) is 2.